The van der Waals surface area contributed by atoms with Gasteiger partial charge >= 0.3 is 5.97 Å². The molecule has 2 aromatic heterocycles. The monoisotopic (exact) mass is 453 g/mol. The summed E-state index contributed by atoms with van der Waals surface area (Å²) in [5.74, 6) is -1.05. The minimum absolute atomic E-state index is 0.0866. The van der Waals surface area contributed by atoms with E-state index in [-0.39, 0.29) is 17.4 Å². The van der Waals surface area contributed by atoms with E-state index in [1.807, 2.05) is 0 Å². The second-order valence-corrected chi connectivity index (χ2v) is 6.72. The number of methoxy groups -OCH3 is 1. The first-order valence-corrected chi connectivity index (χ1v) is 8.98. The molecule has 0 aromatic carbocycles. The van der Waals surface area contributed by atoms with Crippen LogP contribution in [0.4, 0.5) is 4.53 Å². The molecule has 0 unspecified atom stereocenters. The highest BCUT2D eigenvalue weighted by molar-refractivity contribution is 5.88. The molecule has 0 saturated carbocycles. The van der Waals surface area contributed by atoms with Crippen LogP contribution in [0.5, 0.6) is 0 Å². The third-order valence-electron chi connectivity index (χ3n) is 2.83. The second-order valence-electron chi connectivity index (χ2n) is 6.72. The molecule has 0 spiro atoms. The van der Waals surface area contributed by atoms with Gasteiger partial charge in [0.25, 0.3) is 0 Å². The van der Waals surface area contributed by atoms with Crippen molar-refractivity contribution in [1.29, 1.82) is 0 Å². The summed E-state index contributed by atoms with van der Waals surface area (Å²) >= 11 is 0. The number of ether oxygens (including phenoxy) is 1. The van der Waals surface area contributed by atoms with Crippen molar-refractivity contribution in [2.24, 2.45) is 11.5 Å². The lowest BCUT2D eigenvalue weighted by atomic mass is 10.2. The number of nitrogens with zero attached hydrogens (tertiary/aromatic N) is 4. The van der Waals surface area contributed by atoms with E-state index in [4.69, 9.17) is 26.1 Å². The minimum atomic E-state index is -1.26. The van der Waals surface area contributed by atoms with Gasteiger partial charge in [-0.25, -0.2) is 14.4 Å². The van der Waals surface area contributed by atoms with Gasteiger partial charge in [0.2, 0.25) is 6.41 Å². The number of allylic oxidation sites excluding steroid dienone is 2. The van der Waals surface area contributed by atoms with Gasteiger partial charge in [0.1, 0.15) is 11.5 Å². The van der Waals surface area contributed by atoms with Crippen molar-refractivity contribution in [2.75, 3.05) is 14.2 Å². The first kappa shape index (κ1) is 28.0. The summed E-state index contributed by atoms with van der Waals surface area (Å²) in [6.07, 6.45) is 7.77. The highest BCUT2D eigenvalue weighted by atomic mass is 19.3. The molecule has 2 aromatic rings. The normalized spacial score (nSPS) is 11.2. The zero-order chi connectivity index (χ0) is 24.7. The molecule has 0 aliphatic rings. The Morgan fingerprint density at radius 1 is 1.28 bits per heavy atom. The largest absolute Gasteiger partial charge is 0.483 e. The number of amides is 1. The fraction of sp³-hybridized carbons (Fsp3) is 0.316. The van der Waals surface area contributed by atoms with Crippen molar-refractivity contribution >= 4 is 18.2 Å². The van der Waals surface area contributed by atoms with Gasteiger partial charge in [-0.1, -0.05) is 0 Å². The number of aliphatic hydroxyl groups is 1. The van der Waals surface area contributed by atoms with Gasteiger partial charge in [0.05, 0.1) is 24.6 Å². The molecule has 0 bridgehead atoms. The topological polar surface area (TPSA) is 180 Å². The average Bonchev–Trinajstić information content (AvgIpc) is 3.22. The summed E-state index contributed by atoms with van der Waals surface area (Å²) in [6, 6.07) is 1.27. The smallest absolute Gasteiger partial charge is 0.399 e. The molecule has 0 fully saturated rings. The van der Waals surface area contributed by atoms with E-state index < -0.39 is 11.6 Å². The molecule has 6 N–H and O–H groups in total. The third kappa shape index (κ3) is 11.3. The Hall–Kier alpha value is -4.00. The Morgan fingerprint density at radius 3 is 2.31 bits per heavy atom. The Balaban J connectivity index is 0.000000906. The van der Waals surface area contributed by atoms with E-state index >= 15 is 0 Å². The highest BCUT2D eigenvalue weighted by Crippen LogP contribution is 2.20. The van der Waals surface area contributed by atoms with Gasteiger partial charge in [0, 0.05) is 36.1 Å². The van der Waals surface area contributed by atoms with Crippen molar-refractivity contribution in [3.63, 3.8) is 0 Å². The number of hydrogen-bond acceptors (Lipinski definition) is 10. The predicted molar refractivity (Wildman–Crippen MR) is 115 cm³/mol. The van der Waals surface area contributed by atoms with E-state index in [1.165, 1.54) is 48.6 Å². The lowest BCUT2D eigenvalue weighted by molar-refractivity contribution is -0.109. The summed E-state index contributed by atoms with van der Waals surface area (Å²) in [6.45, 7) is 5.23. The summed E-state index contributed by atoms with van der Waals surface area (Å²) < 4.78 is 18.1. The Morgan fingerprint density at radius 2 is 1.88 bits per heavy atom. The van der Waals surface area contributed by atoms with Crippen molar-refractivity contribution in [2.45, 2.75) is 26.4 Å². The SMILES string of the molecule is CC(C)(C)O.CNC=O.CO/C(N)=C/C=C(\N)n1nc(C(=O)OF)cc1-c1cnccn1. The number of carbonyl (C=O) groups excluding carboxylic acids is 2. The van der Waals surface area contributed by atoms with Crippen LogP contribution in [0.15, 0.2) is 42.7 Å². The molecular weight excluding hydrogens is 425 g/mol. The van der Waals surface area contributed by atoms with Gasteiger partial charge in [-0.3, -0.25) is 14.8 Å². The molecule has 2 heterocycles. The minimum Gasteiger partial charge on any atom is -0.483 e. The van der Waals surface area contributed by atoms with E-state index in [1.54, 1.807) is 27.8 Å². The van der Waals surface area contributed by atoms with E-state index in [9.17, 15) is 9.32 Å². The van der Waals surface area contributed by atoms with Crippen LogP contribution in [0.3, 0.4) is 0 Å². The van der Waals surface area contributed by atoms with Gasteiger partial charge < -0.3 is 26.6 Å². The molecular formula is C19H28FN7O5. The number of aromatic nitrogens is 4. The summed E-state index contributed by atoms with van der Waals surface area (Å²) in [5, 5.41) is 14.7. The Kier molecular flexibility index (Phi) is 12.3. The lowest BCUT2D eigenvalue weighted by Crippen LogP contribution is -2.11. The molecule has 0 atom stereocenters. The van der Waals surface area contributed by atoms with Crippen LogP contribution in [-0.4, -0.2) is 57.0 Å². The van der Waals surface area contributed by atoms with Crippen LogP contribution >= 0.6 is 0 Å². The average molecular weight is 453 g/mol. The summed E-state index contributed by atoms with van der Waals surface area (Å²) in [4.78, 5) is 31.6. The van der Waals surface area contributed by atoms with Crippen molar-refractivity contribution in [3.8, 4) is 11.4 Å². The molecule has 12 nitrogen and oxygen atoms in total. The molecule has 0 saturated heterocycles. The number of nitrogens with one attached hydrogen (secondary N) is 1. The zero-order valence-corrected chi connectivity index (χ0v) is 18.4. The molecule has 13 heteroatoms. The first-order chi connectivity index (χ1) is 15.0. The standard InChI is InChI=1S/C13H13FN6O3.C4H10O.C2H5NO/c1-22-12(16)3-2-11(15)20-10(9-7-17-4-5-18-9)6-8(19-20)13(21)23-14;1-4(2,3)5;1-3-2-4/h2-7H,15-16H2,1H3;5H,1-3H3;2H,1H3,(H,3,4)/b11-2+,12-3+;;. The van der Waals surface area contributed by atoms with E-state index in [0.29, 0.717) is 17.8 Å². The Bertz CT molecular complexity index is 903. The molecule has 0 aliphatic heterocycles. The van der Waals surface area contributed by atoms with Crippen LogP contribution < -0.4 is 16.8 Å². The predicted octanol–water partition coefficient (Wildman–Crippen LogP) is 0.724. The molecule has 0 radical (unpaired) electrons. The molecule has 1 amide bonds. The number of halogens is 1. The van der Waals surface area contributed by atoms with E-state index in [2.05, 4.69) is 25.3 Å². The van der Waals surface area contributed by atoms with E-state index in [0.717, 1.165) is 0 Å². The van der Waals surface area contributed by atoms with Gasteiger partial charge in [-0.05, 0) is 26.8 Å². The van der Waals surface area contributed by atoms with Crippen molar-refractivity contribution in [1.82, 2.24) is 25.1 Å². The number of rotatable bonds is 6. The zero-order valence-electron chi connectivity index (χ0n) is 18.4. The van der Waals surface area contributed by atoms with Crippen molar-refractivity contribution < 1.29 is 28.9 Å². The Labute approximate surface area is 184 Å². The maximum absolute atomic E-state index is 12.1. The first-order valence-electron chi connectivity index (χ1n) is 8.98. The van der Waals surface area contributed by atoms with Crippen molar-refractivity contribution in [3.05, 3.63) is 48.4 Å². The maximum Gasteiger partial charge on any atom is 0.399 e. The van der Waals surface area contributed by atoms with Crippen LogP contribution in [0.2, 0.25) is 0 Å². The third-order valence-corrected chi connectivity index (χ3v) is 2.83. The quantitative estimate of drug-likeness (QED) is 0.276. The second kappa shape index (κ2) is 14.1. The molecule has 176 valence electrons. The van der Waals surface area contributed by atoms with Gasteiger partial charge in [-0.15, -0.1) is 0 Å². The van der Waals surface area contributed by atoms with Crippen LogP contribution in [0, 0.1) is 0 Å². The lowest BCUT2D eigenvalue weighted by Gasteiger charge is -2.06. The maximum atomic E-state index is 12.1. The van der Waals surface area contributed by atoms with Gasteiger partial charge in [0.15, 0.2) is 11.6 Å². The fourth-order valence-electron chi connectivity index (χ4n) is 1.64. The number of carbonyl (C=O) groups is 2. The molecule has 32 heavy (non-hydrogen) atoms. The summed E-state index contributed by atoms with van der Waals surface area (Å²) in [7, 11) is 2.96. The van der Waals surface area contributed by atoms with Crippen LogP contribution in [0.1, 0.15) is 31.3 Å². The van der Waals surface area contributed by atoms with Gasteiger partial charge in [-0.2, -0.15) is 5.10 Å². The highest BCUT2D eigenvalue weighted by Gasteiger charge is 2.19. The number of nitrogens with two attached hydrogens (primary N) is 2. The molecule has 0 aliphatic carbocycles. The summed E-state index contributed by atoms with van der Waals surface area (Å²) in [5.41, 5.74) is 11.3. The fourth-order valence-corrected chi connectivity index (χ4v) is 1.64. The van der Waals surface area contributed by atoms with Crippen LogP contribution in [-0.2, 0) is 14.5 Å². The van der Waals surface area contributed by atoms with Crippen LogP contribution in [0.25, 0.3) is 17.2 Å². The number of hydrogen-bond donors (Lipinski definition) is 4. The molecule has 2 rings (SSSR count).